The summed E-state index contributed by atoms with van der Waals surface area (Å²) in [7, 11) is 0. The Morgan fingerprint density at radius 1 is 1.22 bits per heavy atom. The van der Waals surface area contributed by atoms with Crippen LogP contribution in [-0.4, -0.2) is 28.0 Å². The Kier molecular flexibility index (Phi) is 5.71. The van der Waals surface area contributed by atoms with Crippen molar-refractivity contribution in [2.75, 3.05) is 11.9 Å². The molecule has 0 saturated carbocycles. The summed E-state index contributed by atoms with van der Waals surface area (Å²) in [5.74, 6) is -0.709. The number of amides is 1. The maximum Gasteiger partial charge on any atom is 0.355 e. The van der Waals surface area contributed by atoms with Crippen LogP contribution in [-0.2, 0) is 11.3 Å². The smallest absolute Gasteiger partial charge is 0.355 e. The third kappa shape index (κ3) is 3.93. The van der Waals surface area contributed by atoms with Crippen molar-refractivity contribution in [3.8, 4) is 0 Å². The number of hydrogen-bond donors (Lipinski definition) is 1. The van der Waals surface area contributed by atoms with Gasteiger partial charge in [-0.1, -0.05) is 30.3 Å². The maximum absolute atomic E-state index is 12.8. The number of anilines is 1. The molecule has 7 heteroatoms. The van der Waals surface area contributed by atoms with Crippen LogP contribution < -0.4 is 5.32 Å². The molecular formula is C20H21N3O3S. The standard InChI is InChI=1S/C20H21N3O3S/c1-4-26-19(25)17-13(2)16(18(24)22-20-21-10-11-27-20)14(3)23(17)12-15-8-6-5-7-9-15/h5-11H,4,12H2,1-3H3,(H,21,22,24). The molecule has 0 aliphatic carbocycles. The zero-order chi connectivity index (χ0) is 19.4. The Morgan fingerprint density at radius 2 is 1.96 bits per heavy atom. The SMILES string of the molecule is CCOC(=O)c1c(C)c(C(=O)Nc2nccs2)c(C)n1Cc1ccccc1. The van der Waals surface area contributed by atoms with Crippen molar-refractivity contribution in [3.63, 3.8) is 0 Å². The van der Waals surface area contributed by atoms with Crippen LogP contribution in [0.3, 0.4) is 0 Å². The van der Waals surface area contributed by atoms with Crippen molar-refractivity contribution in [3.05, 3.63) is 70.0 Å². The van der Waals surface area contributed by atoms with Gasteiger partial charge in [0.25, 0.3) is 5.91 Å². The second-order valence-electron chi connectivity index (χ2n) is 6.02. The lowest BCUT2D eigenvalue weighted by Crippen LogP contribution is -2.15. The number of esters is 1. The highest BCUT2D eigenvalue weighted by Gasteiger charge is 2.27. The molecule has 0 bridgehead atoms. The molecular weight excluding hydrogens is 362 g/mol. The Labute approximate surface area is 161 Å². The molecule has 3 rings (SSSR count). The Bertz CT molecular complexity index is 947. The molecule has 0 aliphatic heterocycles. The molecule has 6 nitrogen and oxygen atoms in total. The number of benzene rings is 1. The molecule has 3 aromatic rings. The van der Waals surface area contributed by atoms with Gasteiger partial charge in [-0.05, 0) is 31.9 Å². The molecule has 2 aromatic heterocycles. The first kappa shape index (κ1) is 18.8. The van der Waals surface area contributed by atoms with Gasteiger partial charge in [-0.2, -0.15) is 0 Å². The van der Waals surface area contributed by atoms with Crippen molar-refractivity contribution in [2.24, 2.45) is 0 Å². The highest BCUT2D eigenvalue weighted by atomic mass is 32.1. The average Bonchev–Trinajstić information content (AvgIpc) is 3.23. The molecule has 0 atom stereocenters. The fraction of sp³-hybridized carbons (Fsp3) is 0.250. The van der Waals surface area contributed by atoms with E-state index in [2.05, 4.69) is 10.3 Å². The van der Waals surface area contributed by atoms with Crippen LogP contribution in [0.4, 0.5) is 5.13 Å². The largest absolute Gasteiger partial charge is 0.461 e. The lowest BCUT2D eigenvalue weighted by Gasteiger charge is -2.12. The summed E-state index contributed by atoms with van der Waals surface area (Å²) < 4.78 is 7.09. The van der Waals surface area contributed by atoms with E-state index >= 15 is 0 Å². The van der Waals surface area contributed by atoms with E-state index in [1.54, 1.807) is 25.4 Å². The first-order valence-electron chi connectivity index (χ1n) is 8.64. The van der Waals surface area contributed by atoms with Gasteiger partial charge in [0.15, 0.2) is 5.13 Å². The van der Waals surface area contributed by atoms with Crippen molar-refractivity contribution in [1.29, 1.82) is 0 Å². The number of carbonyl (C=O) groups is 2. The van der Waals surface area contributed by atoms with Crippen LogP contribution in [0, 0.1) is 13.8 Å². The topological polar surface area (TPSA) is 73.2 Å². The molecule has 0 fully saturated rings. The second-order valence-corrected chi connectivity index (χ2v) is 6.91. The fourth-order valence-corrected chi connectivity index (χ4v) is 3.62. The van der Waals surface area contributed by atoms with Crippen LogP contribution in [0.15, 0.2) is 41.9 Å². The van der Waals surface area contributed by atoms with E-state index in [1.807, 2.05) is 41.8 Å². The fourth-order valence-electron chi connectivity index (χ4n) is 3.10. The van der Waals surface area contributed by atoms with E-state index in [1.165, 1.54) is 11.3 Å². The van der Waals surface area contributed by atoms with Crippen molar-refractivity contribution in [2.45, 2.75) is 27.3 Å². The minimum Gasteiger partial charge on any atom is -0.461 e. The average molecular weight is 383 g/mol. The molecule has 2 heterocycles. The van der Waals surface area contributed by atoms with Gasteiger partial charge in [0.1, 0.15) is 5.69 Å². The molecule has 1 amide bonds. The number of hydrogen-bond acceptors (Lipinski definition) is 5. The number of rotatable bonds is 6. The third-order valence-corrected chi connectivity index (χ3v) is 4.99. The predicted molar refractivity (Wildman–Crippen MR) is 105 cm³/mol. The molecule has 0 aliphatic rings. The minimum absolute atomic E-state index is 0.272. The van der Waals surface area contributed by atoms with Crippen molar-refractivity contribution in [1.82, 2.24) is 9.55 Å². The number of nitrogens with one attached hydrogen (secondary N) is 1. The summed E-state index contributed by atoms with van der Waals surface area (Å²) in [5.41, 5.74) is 3.24. The summed E-state index contributed by atoms with van der Waals surface area (Å²) in [6.45, 7) is 6.13. The number of carbonyl (C=O) groups excluding carboxylic acids is 2. The normalized spacial score (nSPS) is 10.6. The highest BCUT2D eigenvalue weighted by molar-refractivity contribution is 7.13. The van der Waals surface area contributed by atoms with Gasteiger partial charge < -0.3 is 9.30 Å². The lowest BCUT2D eigenvalue weighted by molar-refractivity contribution is 0.0513. The van der Waals surface area contributed by atoms with Crippen molar-refractivity contribution >= 4 is 28.3 Å². The van der Waals surface area contributed by atoms with Crippen LogP contribution in [0.25, 0.3) is 0 Å². The van der Waals surface area contributed by atoms with Gasteiger partial charge in [0.05, 0.1) is 12.2 Å². The van der Waals surface area contributed by atoms with Gasteiger partial charge in [0, 0.05) is 23.8 Å². The second kappa shape index (κ2) is 8.18. The Hall–Kier alpha value is -2.93. The van der Waals surface area contributed by atoms with E-state index < -0.39 is 5.97 Å². The molecule has 27 heavy (non-hydrogen) atoms. The van der Waals surface area contributed by atoms with Gasteiger partial charge in [-0.15, -0.1) is 11.3 Å². The van der Waals surface area contributed by atoms with E-state index in [-0.39, 0.29) is 12.5 Å². The summed E-state index contributed by atoms with van der Waals surface area (Å²) in [6, 6.07) is 9.80. The highest BCUT2D eigenvalue weighted by Crippen LogP contribution is 2.26. The van der Waals surface area contributed by atoms with E-state index in [0.29, 0.717) is 34.2 Å². The molecule has 0 spiro atoms. The molecule has 0 radical (unpaired) electrons. The number of thiazole rings is 1. The molecule has 1 N–H and O–H groups in total. The van der Waals surface area contributed by atoms with Gasteiger partial charge in [-0.25, -0.2) is 9.78 Å². The number of ether oxygens (including phenoxy) is 1. The summed E-state index contributed by atoms with van der Waals surface area (Å²) in [6.07, 6.45) is 1.63. The summed E-state index contributed by atoms with van der Waals surface area (Å²) in [5, 5.41) is 5.11. The molecule has 140 valence electrons. The predicted octanol–water partition coefficient (Wildman–Crippen LogP) is 4.04. The van der Waals surface area contributed by atoms with Crippen LogP contribution >= 0.6 is 11.3 Å². The first-order valence-corrected chi connectivity index (χ1v) is 9.52. The quantitative estimate of drug-likeness (QED) is 0.652. The minimum atomic E-state index is -0.428. The van der Waals surface area contributed by atoms with Gasteiger partial charge in [0.2, 0.25) is 0 Å². The molecule has 1 aromatic carbocycles. The van der Waals surface area contributed by atoms with Crippen LogP contribution in [0.5, 0.6) is 0 Å². The molecule has 0 saturated heterocycles. The van der Waals surface area contributed by atoms with Crippen LogP contribution in [0.1, 0.15) is 44.6 Å². The van der Waals surface area contributed by atoms with Crippen LogP contribution in [0.2, 0.25) is 0 Å². The summed E-state index contributed by atoms with van der Waals surface area (Å²) in [4.78, 5) is 29.5. The Balaban J connectivity index is 2.04. The zero-order valence-electron chi connectivity index (χ0n) is 15.5. The molecule has 0 unspecified atom stereocenters. The van der Waals surface area contributed by atoms with E-state index in [4.69, 9.17) is 4.74 Å². The van der Waals surface area contributed by atoms with Gasteiger partial charge >= 0.3 is 5.97 Å². The lowest BCUT2D eigenvalue weighted by atomic mass is 10.1. The van der Waals surface area contributed by atoms with E-state index in [9.17, 15) is 9.59 Å². The van der Waals surface area contributed by atoms with E-state index in [0.717, 1.165) is 5.56 Å². The monoisotopic (exact) mass is 383 g/mol. The zero-order valence-corrected chi connectivity index (χ0v) is 16.3. The van der Waals surface area contributed by atoms with Crippen molar-refractivity contribution < 1.29 is 14.3 Å². The number of aromatic nitrogens is 2. The van der Waals surface area contributed by atoms with Gasteiger partial charge in [-0.3, -0.25) is 10.1 Å². The third-order valence-electron chi connectivity index (χ3n) is 4.30. The first-order chi connectivity index (χ1) is 13.0. The summed E-state index contributed by atoms with van der Waals surface area (Å²) >= 11 is 1.34. The Morgan fingerprint density at radius 3 is 2.59 bits per heavy atom. The maximum atomic E-state index is 12.8. The number of nitrogens with zero attached hydrogens (tertiary/aromatic N) is 2.